The van der Waals surface area contributed by atoms with Gasteiger partial charge in [0.25, 0.3) is 0 Å². The molecule has 3 atom stereocenters. The predicted molar refractivity (Wildman–Crippen MR) is 257 cm³/mol. The van der Waals surface area contributed by atoms with Crippen LogP contribution in [0.3, 0.4) is 0 Å². The highest BCUT2D eigenvalue weighted by Crippen LogP contribution is 2.59. The highest BCUT2D eigenvalue weighted by atomic mass is 15.1. The zero-order valence-corrected chi connectivity index (χ0v) is 35.1. The van der Waals surface area contributed by atoms with Gasteiger partial charge < -0.3 is 4.90 Å². The average molecular weight is 786 g/mol. The van der Waals surface area contributed by atoms with E-state index in [4.69, 9.17) is 0 Å². The molecule has 6 aliphatic carbocycles. The van der Waals surface area contributed by atoms with Crippen LogP contribution in [0, 0.1) is 5.92 Å². The number of anilines is 2. The second-order valence-corrected chi connectivity index (χ2v) is 17.8. The molecule has 0 N–H and O–H groups in total. The van der Waals surface area contributed by atoms with E-state index in [0.717, 1.165) is 31.4 Å². The van der Waals surface area contributed by atoms with E-state index in [-0.39, 0.29) is 5.41 Å². The van der Waals surface area contributed by atoms with Gasteiger partial charge in [-0.2, -0.15) is 0 Å². The Bertz CT molecular complexity index is 2880. The standard InChI is InChI=1S/C60H51N/c1-59(2)55-27-17-15-25-51(55)53-37-35-49(40-57(53)59)61(48-33-31-43(32-34-48)45-30-29-42-19-9-5-3-4-6-10-20-44(42)39-45)50-36-38-54-52-26-16-18-28-56(52)60(58(54)41-50,46-21-11-7-12-22-46)47-23-13-8-14-24-47/h3-7,9-13,15-19,21-36,38-41,44,53H,8,14,20,37H2,1-2H3/b4-3-,9-5-,10-6+,42-19+. The van der Waals surface area contributed by atoms with Gasteiger partial charge in [-0.25, -0.2) is 0 Å². The zero-order valence-electron chi connectivity index (χ0n) is 35.1. The third-order valence-electron chi connectivity index (χ3n) is 14.1. The summed E-state index contributed by atoms with van der Waals surface area (Å²) in [6, 6.07) is 46.1. The molecule has 3 unspecified atom stereocenters. The van der Waals surface area contributed by atoms with Gasteiger partial charge in [0.2, 0.25) is 0 Å². The van der Waals surface area contributed by atoms with Crippen LogP contribution >= 0.6 is 0 Å². The summed E-state index contributed by atoms with van der Waals surface area (Å²) in [5.41, 5.74) is 19.4. The first-order valence-corrected chi connectivity index (χ1v) is 22.2. The molecule has 1 nitrogen and oxygen atoms in total. The van der Waals surface area contributed by atoms with Crippen LogP contribution in [-0.2, 0) is 10.8 Å². The van der Waals surface area contributed by atoms with E-state index in [9.17, 15) is 0 Å². The van der Waals surface area contributed by atoms with Crippen molar-refractivity contribution < 1.29 is 0 Å². The number of nitrogens with zero attached hydrogens (tertiary/aromatic N) is 1. The molecule has 0 saturated carbocycles. The zero-order chi connectivity index (χ0) is 41.0. The van der Waals surface area contributed by atoms with Crippen molar-refractivity contribution in [1.82, 2.24) is 0 Å². The SMILES string of the molecule is CC1(C)C2=CC(N(c3ccc(C4=CC5C/C=C/C=C\C=C/C=C/5C=C4)cc3)c3ccc4c(c3)C(C3=CCCC=C3)(c3ccccc3)c3ccccc3-4)=CCC2c2ccccc21. The molecule has 0 saturated heterocycles. The molecule has 11 rings (SSSR count). The maximum atomic E-state index is 2.54. The Kier molecular flexibility index (Phi) is 9.23. The number of allylic oxidation sites excluding steroid dienone is 19. The normalized spacial score (nSPS) is 25.1. The van der Waals surface area contributed by atoms with Crippen LogP contribution < -0.4 is 4.90 Å². The molecule has 61 heavy (non-hydrogen) atoms. The molecule has 0 spiro atoms. The summed E-state index contributed by atoms with van der Waals surface area (Å²) in [5.74, 6) is 0.737. The molecule has 0 heterocycles. The Morgan fingerprint density at radius 1 is 0.590 bits per heavy atom. The van der Waals surface area contributed by atoms with Crippen LogP contribution in [0.5, 0.6) is 0 Å². The Hall–Kier alpha value is -6.70. The summed E-state index contributed by atoms with van der Waals surface area (Å²) in [4.78, 5) is 2.54. The molecule has 1 heteroatoms. The first-order chi connectivity index (χ1) is 30.0. The van der Waals surface area contributed by atoms with Gasteiger partial charge in [-0.3, -0.25) is 0 Å². The number of rotatable bonds is 6. The van der Waals surface area contributed by atoms with Crippen molar-refractivity contribution >= 4 is 16.9 Å². The molecule has 0 aliphatic heterocycles. The van der Waals surface area contributed by atoms with E-state index in [1.165, 1.54) is 78.2 Å². The minimum atomic E-state index is -0.432. The van der Waals surface area contributed by atoms with E-state index in [1.54, 1.807) is 0 Å². The largest absolute Gasteiger partial charge is 0.311 e. The first kappa shape index (κ1) is 37.3. The van der Waals surface area contributed by atoms with Gasteiger partial charge in [-0.15, -0.1) is 0 Å². The smallest absolute Gasteiger partial charge is 0.0711 e. The lowest BCUT2D eigenvalue weighted by molar-refractivity contribution is 0.609. The highest BCUT2D eigenvalue weighted by molar-refractivity contribution is 5.89. The highest BCUT2D eigenvalue weighted by Gasteiger charge is 2.47. The molecular weight excluding hydrogens is 735 g/mol. The Balaban J connectivity index is 1.06. The lowest BCUT2D eigenvalue weighted by Crippen LogP contribution is -2.30. The molecule has 5 aromatic carbocycles. The van der Waals surface area contributed by atoms with Crippen LogP contribution in [0.15, 0.2) is 235 Å². The molecule has 296 valence electrons. The van der Waals surface area contributed by atoms with Crippen LogP contribution in [0.2, 0.25) is 0 Å². The summed E-state index contributed by atoms with van der Waals surface area (Å²) in [5, 5.41) is 0. The second kappa shape index (κ2) is 15.1. The maximum absolute atomic E-state index is 2.54. The maximum Gasteiger partial charge on any atom is 0.0711 e. The van der Waals surface area contributed by atoms with Gasteiger partial charge in [0.15, 0.2) is 0 Å². The van der Waals surface area contributed by atoms with Gasteiger partial charge in [0.1, 0.15) is 0 Å². The number of hydrogen-bond donors (Lipinski definition) is 0. The fourth-order valence-electron chi connectivity index (χ4n) is 11.2. The molecule has 0 amide bonds. The van der Waals surface area contributed by atoms with Crippen molar-refractivity contribution in [3.8, 4) is 11.1 Å². The summed E-state index contributed by atoms with van der Waals surface area (Å²) >= 11 is 0. The molecule has 5 aromatic rings. The topological polar surface area (TPSA) is 3.24 Å². The van der Waals surface area contributed by atoms with Gasteiger partial charge >= 0.3 is 0 Å². The van der Waals surface area contributed by atoms with Crippen molar-refractivity contribution in [2.24, 2.45) is 5.92 Å². The Morgan fingerprint density at radius 2 is 1.34 bits per heavy atom. The Labute approximate surface area is 361 Å². The van der Waals surface area contributed by atoms with E-state index in [0.29, 0.717) is 11.8 Å². The van der Waals surface area contributed by atoms with E-state index >= 15 is 0 Å². The van der Waals surface area contributed by atoms with Gasteiger partial charge in [0.05, 0.1) is 5.41 Å². The molecule has 0 bridgehead atoms. The third kappa shape index (κ3) is 6.13. The lowest BCUT2D eigenvalue weighted by Gasteiger charge is -2.37. The fraction of sp³-hybridized carbons (Fsp3) is 0.167. The Morgan fingerprint density at radius 3 is 2.20 bits per heavy atom. The van der Waals surface area contributed by atoms with E-state index in [2.05, 4.69) is 231 Å². The quantitative estimate of drug-likeness (QED) is 0.166. The van der Waals surface area contributed by atoms with Crippen LogP contribution in [0.25, 0.3) is 16.7 Å². The minimum Gasteiger partial charge on any atom is -0.311 e. The van der Waals surface area contributed by atoms with Gasteiger partial charge in [0, 0.05) is 34.3 Å². The average Bonchev–Trinajstić information content (AvgIpc) is 3.74. The first-order valence-electron chi connectivity index (χ1n) is 22.2. The number of benzene rings is 5. The lowest BCUT2D eigenvalue weighted by atomic mass is 9.66. The van der Waals surface area contributed by atoms with Crippen molar-refractivity contribution in [2.75, 3.05) is 4.90 Å². The monoisotopic (exact) mass is 785 g/mol. The molecule has 0 fully saturated rings. The summed E-state index contributed by atoms with van der Waals surface area (Å²) in [6.07, 6.45) is 38.6. The van der Waals surface area contributed by atoms with Gasteiger partial charge in [-0.1, -0.05) is 202 Å². The molecule has 6 aliphatic rings. The van der Waals surface area contributed by atoms with E-state index < -0.39 is 5.41 Å². The van der Waals surface area contributed by atoms with Crippen molar-refractivity contribution in [2.45, 2.75) is 56.3 Å². The van der Waals surface area contributed by atoms with Gasteiger partial charge in [-0.05, 0) is 117 Å². The summed E-state index contributed by atoms with van der Waals surface area (Å²) < 4.78 is 0. The van der Waals surface area contributed by atoms with Crippen LogP contribution in [0.4, 0.5) is 11.4 Å². The predicted octanol–water partition coefficient (Wildman–Crippen LogP) is 15.3. The van der Waals surface area contributed by atoms with Crippen molar-refractivity contribution in [3.63, 3.8) is 0 Å². The fourth-order valence-corrected chi connectivity index (χ4v) is 11.2. The van der Waals surface area contributed by atoms with Crippen molar-refractivity contribution in [3.05, 3.63) is 268 Å². The molecule has 0 radical (unpaired) electrons. The third-order valence-corrected chi connectivity index (χ3v) is 14.1. The van der Waals surface area contributed by atoms with Crippen LogP contribution in [0.1, 0.15) is 78.8 Å². The van der Waals surface area contributed by atoms with Crippen molar-refractivity contribution in [1.29, 1.82) is 0 Å². The summed E-state index contributed by atoms with van der Waals surface area (Å²) in [6.45, 7) is 4.83. The van der Waals surface area contributed by atoms with Crippen LogP contribution in [-0.4, -0.2) is 0 Å². The van der Waals surface area contributed by atoms with E-state index in [1.807, 2.05) is 0 Å². The molecule has 0 aromatic heterocycles. The minimum absolute atomic E-state index is 0.0539. The molecular formula is C60H51N. The number of fused-ring (bicyclic) bond motifs is 7. The number of hydrogen-bond acceptors (Lipinski definition) is 1. The summed E-state index contributed by atoms with van der Waals surface area (Å²) in [7, 11) is 0. The second-order valence-electron chi connectivity index (χ2n) is 17.8.